The Hall–Kier alpha value is -3.18. The van der Waals surface area contributed by atoms with Crippen molar-refractivity contribution in [2.24, 2.45) is 0 Å². The molecule has 1 aromatic carbocycles. The van der Waals surface area contributed by atoms with Crippen LogP contribution in [0.25, 0.3) is 22.2 Å². The number of benzene rings is 1. The summed E-state index contributed by atoms with van der Waals surface area (Å²) in [6, 6.07) is 11.7. The summed E-state index contributed by atoms with van der Waals surface area (Å²) >= 11 is 0. The number of aromatic nitrogens is 3. The number of pyridine rings is 2. The SMILES string of the molecule is Cc1c[nH]c2ncc(-c3cc4c(c([C@@H]5CCCN5)c3)CN(c3cccnc3)CC4)cc12. The van der Waals surface area contributed by atoms with Crippen LogP contribution in [0.4, 0.5) is 5.69 Å². The zero-order valence-electron chi connectivity index (χ0n) is 17.9. The molecule has 0 bridgehead atoms. The molecule has 0 amide bonds. The molecular formula is C26H27N5. The first-order valence-electron chi connectivity index (χ1n) is 11.2. The van der Waals surface area contributed by atoms with Crippen molar-refractivity contribution in [1.29, 1.82) is 0 Å². The fourth-order valence-electron chi connectivity index (χ4n) is 5.18. The summed E-state index contributed by atoms with van der Waals surface area (Å²) in [4.78, 5) is 14.7. The van der Waals surface area contributed by atoms with E-state index in [1.54, 1.807) is 0 Å². The van der Waals surface area contributed by atoms with Crippen molar-refractivity contribution in [3.05, 3.63) is 77.4 Å². The fraction of sp³-hybridized carbons (Fsp3) is 0.308. The highest BCUT2D eigenvalue weighted by Gasteiger charge is 2.26. The summed E-state index contributed by atoms with van der Waals surface area (Å²) in [5.74, 6) is 0. The molecular weight excluding hydrogens is 382 g/mol. The lowest BCUT2D eigenvalue weighted by Crippen LogP contribution is -2.32. The van der Waals surface area contributed by atoms with Gasteiger partial charge >= 0.3 is 0 Å². The van der Waals surface area contributed by atoms with Crippen LogP contribution in [0.3, 0.4) is 0 Å². The van der Waals surface area contributed by atoms with Crippen LogP contribution in [0.5, 0.6) is 0 Å². The third-order valence-electron chi connectivity index (χ3n) is 6.89. The minimum atomic E-state index is 0.438. The highest BCUT2D eigenvalue weighted by atomic mass is 15.1. The highest BCUT2D eigenvalue weighted by Crippen LogP contribution is 2.37. The summed E-state index contributed by atoms with van der Waals surface area (Å²) < 4.78 is 0. The van der Waals surface area contributed by atoms with Gasteiger partial charge in [-0.05, 0) is 84.8 Å². The number of nitrogens with zero attached hydrogens (tertiary/aromatic N) is 3. The van der Waals surface area contributed by atoms with Crippen LogP contribution in [0.1, 0.15) is 41.1 Å². The van der Waals surface area contributed by atoms with Crippen molar-refractivity contribution in [2.45, 2.75) is 38.8 Å². The second-order valence-corrected chi connectivity index (χ2v) is 8.83. The highest BCUT2D eigenvalue weighted by molar-refractivity contribution is 5.84. The van der Waals surface area contributed by atoms with Crippen molar-refractivity contribution < 1.29 is 0 Å². The zero-order valence-corrected chi connectivity index (χ0v) is 17.9. The standard InChI is InChI=1S/C26H27N5/c1-17-13-29-26-22(17)12-20(14-30-26)19-10-18-6-9-31(21-4-2-7-27-15-21)16-24(18)23(11-19)25-5-3-8-28-25/h2,4,7,10-15,25,28H,3,5-6,8-9,16H2,1H3,(H,29,30)/t25-/m0/s1. The summed E-state index contributed by atoms with van der Waals surface area (Å²) in [5.41, 5.74) is 10.3. The predicted molar refractivity (Wildman–Crippen MR) is 125 cm³/mol. The molecule has 5 nitrogen and oxygen atoms in total. The van der Waals surface area contributed by atoms with Gasteiger partial charge in [-0.1, -0.05) is 6.07 Å². The molecule has 2 aliphatic heterocycles. The molecule has 1 atom stereocenters. The van der Waals surface area contributed by atoms with E-state index < -0.39 is 0 Å². The van der Waals surface area contributed by atoms with Gasteiger partial charge in [-0.2, -0.15) is 0 Å². The van der Waals surface area contributed by atoms with E-state index in [9.17, 15) is 0 Å². The van der Waals surface area contributed by atoms with Crippen molar-refractivity contribution in [3.63, 3.8) is 0 Å². The first kappa shape index (κ1) is 18.6. The predicted octanol–water partition coefficient (Wildman–Crippen LogP) is 4.92. The molecule has 0 radical (unpaired) electrons. The molecule has 2 N–H and O–H groups in total. The minimum Gasteiger partial charge on any atom is -0.366 e. The second-order valence-electron chi connectivity index (χ2n) is 8.83. The van der Waals surface area contributed by atoms with Gasteiger partial charge in [0.25, 0.3) is 0 Å². The molecule has 6 rings (SSSR count). The number of rotatable bonds is 3. The van der Waals surface area contributed by atoms with Crippen LogP contribution >= 0.6 is 0 Å². The van der Waals surface area contributed by atoms with E-state index >= 15 is 0 Å². The van der Waals surface area contributed by atoms with Gasteiger partial charge in [0.05, 0.1) is 11.9 Å². The van der Waals surface area contributed by atoms with Crippen LogP contribution in [-0.2, 0) is 13.0 Å². The first-order chi connectivity index (χ1) is 15.3. The molecule has 0 spiro atoms. The first-order valence-corrected chi connectivity index (χ1v) is 11.2. The topological polar surface area (TPSA) is 56.8 Å². The lowest BCUT2D eigenvalue weighted by atomic mass is 9.87. The molecule has 5 heterocycles. The monoisotopic (exact) mass is 409 g/mol. The van der Waals surface area contributed by atoms with Gasteiger partial charge in [-0.15, -0.1) is 0 Å². The maximum absolute atomic E-state index is 4.68. The molecule has 0 saturated carbocycles. The van der Waals surface area contributed by atoms with Gasteiger partial charge in [-0.25, -0.2) is 4.98 Å². The molecule has 5 heteroatoms. The Balaban J connectivity index is 1.45. The van der Waals surface area contributed by atoms with Crippen LogP contribution < -0.4 is 10.2 Å². The molecule has 156 valence electrons. The third kappa shape index (κ3) is 3.29. The molecule has 0 aliphatic carbocycles. The number of fused-ring (bicyclic) bond motifs is 2. The van der Waals surface area contributed by atoms with E-state index in [1.165, 1.54) is 57.3 Å². The van der Waals surface area contributed by atoms with Gasteiger partial charge < -0.3 is 15.2 Å². The summed E-state index contributed by atoms with van der Waals surface area (Å²) in [7, 11) is 0. The Morgan fingerprint density at radius 3 is 2.94 bits per heavy atom. The lowest BCUT2D eigenvalue weighted by molar-refractivity contribution is 0.625. The number of aryl methyl sites for hydroxylation is 1. The largest absolute Gasteiger partial charge is 0.366 e. The van der Waals surface area contributed by atoms with Crippen molar-refractivity contribution in [2.75, 3.05) is 18.0 Å². The molecule has 3 aromatic heterocycles. The van der Waals surface area contributed by atoms with E-state index in [1.807, 2.05) is 30.9 Å². The summed E-state index contributed by atoms with van der Waals surface area (Å²) in [5, 5.41) is 4.95. The van der Waals surface area contributed by atoms with Crippen LogP contribution in [0.15, 0.2) is 55.1 Å². The number of nitrogens with one attached hydrogen (secondary N) is 2. The Bertz CT molecular complexity index is 1240. The van der Waals surface area contributed by atoms with Gasteiger partial charge in [0.1, 0.15) is 5.65 Å². The molecule has 0 unspecified atom stereocenters. The number of hydrogen-bond acceptors (Lipinski definition) is 4. The van der Waals surface area contributed by atoms with E-state index in [4.69, 9.17) is 0 Å². The third-order valence-corrected chi connectivity index (χ3v) is 6.89. The Morgan fingerprint density at radius 2 is 2.10 bits per heavy atom. The second kappa shape index (κ2) is 7.50. The fourth-order valence-corrected chi connectivity index (χ4v) is 5.18. The van der Waals surface area contributed by atoms with E-state index in [0.717, 1.165) is 31.7 Å². The van der Waals surface area contributed by atoms with E-state index in [2.05, 4.69) is 56.4 Å². The van der Waals surface area contributed by atoms with Crippen molar-refractivity contribution in [3.8, 4) is 11.1 Å². The average Bonchev–Trinajstić information content (AvgIpc) is 3.49. The van der Waals surface area contributed by atoms with Crippen LogP contribution in [0.2, 0.25) is 0 Å². The lowest BCUT2D eigenvalue weighted by Gasteiger charge is -2.33. The van der Waals surface area contributed by atoms with E-state index in [-0.39, 0.29) is 0 Å². The molecule has 1 saturated heterocycles. The van der Waals surface area contributed by atoms with Crippen LogP contribution in [-0.4, -0.2) is 28.0 Å². The van der Waals surface area contributed by atoms with Gasteiger partial charge in [0, 0.05) is 48.7 Å². The number of hydrogen-bond donors (Lipinski definition) is 2. The molecule has 1 fully saturated rings. The Kier molecular flexibility index (Phi) is 4.50. The molecule has 31 heavy (non-hydrogen) atoms. The quantitative estimate of drug-likeness (QED) is 0.504. The van der Waals surface area contributed by atoms with E-state index in [0.29, 0.717) is 6.04 Å². The van der Waals surface area contributed by atoms with Gasteiger partial charge in [-0.3, -0.25) is 4.98 Å². The molecule has 2 aliphatic rings. The normalized spacial score (nSPS) is 18.5. The zero-order chi connectivity index (χ0) is 20.8. The maximum Gasteiger partial charge on any atom is 0.137 e. The number of aromatic amines is 1. The maximum atomic E-state index is 4.68. The molecule has 4 aromatic rings. The van der Waals surface area contributed by atoms with Crippen molar-refractivity contribution >= 4 is 16.7 Å². The van der Waals surface area contributed by atoms with Gasteiger partial charge in [0.2, 0.25) is 0 Å². The number of H-pyrrole nitrogens is 1. The Morgan fingerprint density at radius 1 is 1.13 bits per heavy atom. The minimum absolute atomic E-state index is 0.438. The smallest absolute Gasteiger partial charge is 0.137 e. The van der Waals surface area contributed by atoms with Crippen molar-refractivity contribution in [1.82, 2.24) is 20.3 Å². The number of anilines is 1. The van der Waals surface area contributed by atoms with Crippen LogP contribution in [0, 0.1) is 6.92 Å². The Labute approximate surface area is 182 Å². The average molecular weight is 410 g/mol. The summed E-state index contributed by atoms with van der Waals surface area (Å²) in [6.45, 7) is 5.21. The summed E-state index contributed by atoms with van der Waals surface area (Å²) in [6.07, 6.45) is 11.4. The van der Waals surface area contributed by atoms with Gasteiger partial charge in [0.15, 0.2) is 0 Å².